The molecule has 1 aromatic rings. The normalized spacial score (nSPS) is 18.2. The van der Waals surface area contributed by atoms with Crippen LogP contribution in [0.3, 0.4) is 0 Å². The smallest absolute Gasteiger partial charge is 0.154 e. The summed E-state index contributed by atoms with van der Waals surface area (Å²) in [7, 11) is 0. The van der Waals surface area contributed by atoms with Crippen LogP contribution in [0.1, 0.15) is 88.6 Å². The summed E-state index contributed by atoms with van der Waals surface area (Å²) in [5.74, 6) is 1.84. The fraction of sp³-hybridized carbons (Fsp3) is 0.654. The first-order chi connectivity index (χ1) is 14.1. The molecule has 0 aliphatic heterocycles. The van der Waals surface area contributed by atoms with Gasteiger partial charge < -0.3 is 9.47 Å². The maximum Gasteiger partial charge on any atom is 0.154 e. The Morgan fingerprint density at radius 1 is 1.03 bits per heavy atom. The average Bonchev–Trinajstić information content (AvgIpc) is 2.75. The number of carbonyl (C=O) groups excluding carboxylic acids is 1. The van der Waals surface area contributed by atoms with Crippen molar-refractivity contribution in [1.29, 1.82) is 0 Å². The van der Waals surface area contributed by atoms with Crippen molar-refractivity contribution in [2.75, 3.05) is 13.2 Å². The lowest BCUT2D eigenvalue weighted by Crippen LogP contribution is -2.16. The van der Waals surface area contributed by atoms with Gasteiger partial charge in [-0.05, 0) is 57.4 Å². The fourth-order valence-electron chi connectivity index (χ4n) is 4.09. The molecule has 0 spiro atoms. The second kappa shape index (κ2) is 18.6. The van der Waals surface area contributed by atoms with Gasteiger partial charge in [-0.15, -0.1) is 13.2 Å². The van der Waals surface area contributed by atoms with E-state index in [2.05, 4.69) is 26.1 Å². The van der Waals surface area contributed by atoms with Crippen molar-refractivity contribution in [3.05, 3.63) is 48.6 Å². The standard InChI is InChI=1S/C18H26O.C6H14O2.C2H4/c1-2-6-15-7-5-8-16(13-15)11-12-17-9-3-4-10-18(17)14-19;1-4-7-6(3)8-5-2;1-2/h3-4,9-10,14-16H,2,5-8,11-13H2,1H3;6H,4-5H2,1-3H3;1-2H2. The van der Waals surface area contributed by atoms with Crippen LogP contribution in [0, 0.1) is 11.8 Å². The van der Waals surface area contributed by atoms with Crippen LogP contribution in [-0.2, 0) is 15.9 Å². The summed E-state index contributed by atoms with van der Waals surface area (Å²) in [5.41, 5.74) is 2.11. The quantitative estimate of drug-likeness (QED) is 0.234. The maximum atomic E-state index is 11.0. The van der Waals surface area contributed by atoms with Gasteiger partial charge in [0.15, 0.2) is 6.29 Å². The molecular formula is C26H44O3. The molecule has 1 aliphatic carbocycles. The molecule has 2 unspecified atom stereocenters. The van der Waals surface area contributed by atoms with Gasteiger partial charge in [0.05, 0.1) is 0 Å². The van der Waals surface area contributed by atoms with Crippen molar-refractivity contribution in [1.82, 2.24) is 0 Å². The third-order valence-corrected chi connectivity index (χ3v) is 5.40. The van der Waals surface area contributed by atoms with Gasteiger partial charge in [-0.25, -0.2) is 0 Å². The Morgan fingerprint density at radius 3 is 2.17 bits per heavy atom. The van der Waals surface area contributed by atoms with Crippen LogP contribution >= 0.6 is 0 Å². The number of benzene rings is 1. The zero-order valence-corrected chi connectivity index (χ0v) is 19.3. The van der Waals surface area contributed by atoms with Crippen LogP contribution in [0.25, 0.3) is 0 Å². The van der Waals surface area contributed by atoms with Gasteiger partial charge in [-0.3, -0.25) is 4.79 Å². The molecular weight excluding hydrogens is 360 g/mol. The van der Waals surface area contributed by atoms with Crippen LogP contribution < -0.4 is 0 Å². The van der Waals surface area contributed by atoms with Crippen LogP contribution in [0.4, 0.5) is 0 Å². The molecule has 0 radical (unpaired) electrons. The molecule has 0 bridgehead atoms. The zero-order chi connectivity index (χ0) is 21.9. The van der Waals surface area contributed by atoms with Gasteiger partial charge in [0, 0.05) is 18.8 Å². The monoisotopic (exact) mass is 404 g/mol. The summed E-state index contributed by atoms with van der Waals surface area (Å²) < 4.78 is 10.1. The lowest BCUT2D eigenvalue weighted by Gasteiger charge is -2.29. The zero-order valence-electron chi connectivity index (χ0n) is 19.3. The van der Waals surface area contributed by atoms with Gasteiger partial charge in [-0.1, -0.05) is 63.3 Å². The Balaban J connectivity index is 0.000000664. The lowest BCUT2D eigenvalue weighted by atomic mass is 9.77. The minimum atomic E-state index is -0.0370. The van der Waals surface area contributed by atoms with Crippen molar-refractivity contribution in [2.45, 2.75) is 85.4 Å². The third kappa shape index (κ3) is 12.7. The SMILES string of the molecule is C=C.CCCC1CCCC(CCc2ccccc2C=O)C1.CCOC(C)OCC. The van der Waals surface area contributed by atoms with E-state index in [0.717, 1.165) is 43.3 Å². The van der Waals surface area contributed by atoms with Crippen molar-refractivity contribution < 1.29 is 14.3 Å². The second-order valence-electron chi connectivity index (χ2n) is 7.52. The number of aldehydes is 1. The molecule has 166 valence electrons. The van der Waals surface area contributed by atoms with Crippen molar-refractivity contribution in [2.24, 2.45) is 11.8 Å². The first kappa shape index (κ1) is 27.5. The number of hydrogen-bond acceptors (Lipinski definition) is 3. The maximum absolute atomic E-state index is 11.0. The molecule has 3 nitrogen and oxygen atoms in total. The first-order valence-electron chi connectivity index (χ1n) is 11.4. The highest BCUT2D eigenvalue weighted by Crippen LogP contribution is 2.34. The molecule has 2 rings (SSSR count). The van der Waals surface area contributed by atoms with Crippen LogP contribution in [0.5, 0.6) is 0 Å². The summed E-state index contributed by atoms with van der Waals surface area (Å²) in [6.45, 7) is 15.5. The summed E-state index contributed by atoms with van der Waals surface area (Å²) in [6, 6.07) is 8.04. The van der Waals surface area contributed by atoms with Gasteiger partial charge in [0.2, 0.25) is 0 Å². The lowest BCUT2D eigenvalue weighted by molar-refractivity contribution is -0.123. The van der Waals surface area contributed by atoms with E-state index in [1.807, 2.05) is 39.0 Å². The number of aryl methyl sites for hydroxylation is 1. The fourth-order valence-corrected chi connectivity index (χ4v) is 4.09. The molecule has 29 heavy (non-hydrogen) atoms. The van der Waals surface area contributed by atoms with Gasteiger partial charge >= 0.3 is 0 Å². The van der Waals surface area contributed by atoms with Crippen molar-refractivity contribution >= 4 is 6.29 Å². The number of rotatable bonds is 10. The second-order valence-corrected chi connectivity index (χ2v) is 7.52. The first-order valence-corrected chi connectivity index (χ1v) is 11.4. The topological polar surface area (TPSA) is 35.5 Å². The predicted molar refractivity (Wildman–Crippen MR) is 124 cm³/mol. The van der Waals surface area contributed by atoms with Gasteiger partial charge in [0.1, 0.15) is 6.29 Å². The van der Waals surface area contributed by atoms with E-state index >= 15 is 0 Å². The molecule has 1 aliphatic rings. The number of hydrogen-bond donors (Lipinski definition) is 0. The Bertz CT molecular complexity index is 506. The molecule has 0 saturated heterocycles. The molecule has 3 heteroatoms. The molecule has 1 aromatic carbocycles. The largest absolute Gasteiger partial charge is 0.353 e. The Hall–Kier alpha value is -1.45. The van der Waals surface area contributed by atoms with E-state index in [1.54, 1.807) is 0 Å². The highest BCUT2D eigenvalue weighted by Gasteiger charge is 2.21. The van der Waals surface area contributed by atoms with E-state index in [0.29, 0.717) is 0 Å². The summed E-state index contributed by atoms with van der Waals surface area (Å²) in [5, 5.41) is 0. The number of carbonyl (C=O) groups is 1. The van der Waals surface area contributed by atoms with E-state index in [1.165, 1.54) is 50.5 Å². The van der Waals surface area contributed by atoms with Crippen LogP contribution in [-0.4, -0.2) is 25.8 Å². The van der Waals surface area contributed by atoms with Gasteiger partial charge in [0.25, 0.3) is 0 Å². The molecule has 0 heterocycles. The summed E-state index contributed by atoms with van der Waals surface area (Å²) in [6.07, 6.45) is 11.7. The Labute approximate surface area is 179 Å². The summed E-state index contributed by atoms with van der Waals surface area (Å²) >= 11 is 0. The molecule has 0 aromatic heterocycles. The van der Waals surface area contributed by atoms with E-state index in [9.17, 15) is 4.79 Å². The molecule has 0 amide bonds. The average molecular weight is 405 g/mol. The predicted octanol–water partition coefficient (Wildman–Crippen LogP) is 7.25. The van der Waals surface area contributed by atoms with E-state index < -0.39 is 0 Å². The van der Waals surface area contributed by atoms with Gasteiger partial charge in [-0.2, -0.15) is 0 Å². The molecule has 0 N–H and O–H groups in total. The van der Waals surface area contributed by atoms with Crippen molar-refractivity contribution in [3.63, 3.8) is 0 Å². The van der Waals surface area contributed by atoms with Crippen molar-refractivity contribution in [3.8, 4) is 0 Å². The molecule has 1 fully saturated rings. The minimum absolute atomic E-state index is 0.0370. The van der Waals surface area contributed by atoms with Crippen LogP contribution in [0.15, 0.2) is 37.4 Å². The van der Waals surface area contributed by atoms with E-state index in [-0.39, 0.29) is 6.29 Å². The highest BCUT2D eigenvalue weighted by molar-refractivity contribution is 5.77. The van der Waals surface area contributed by atoms with Crippen LogP contribution in [0.2, 0.25) is 0 Å². The third-order valence-electron chi connectivity index (χ3n) is 5.40. The Morgan fingerprint density at radius 2 is 1.62 bits per heavy atom. The highest BCUT2D eigenvalue weighted by atomic mass is 16.7. The summed E-state index contributed by atoms with van der Waals surface area (Å²) in [4.78, 5) is 11.0. The molecule has 2 atom stereocenters. The Kier molecular flexibility index (Phi) is 17.6. The molecule has 1 saturated carbocycles. The minimum Gasteiger partial charge on any atom is -0.353 e. The number of ether oxygens (including phenoxy) is 2. The van der Waals surface area contributed by atoms with E-state index in [4.69, 9.17) is 9.47 Å².